The van der Waals surface area contributed by atoms with E-state index in [1.54, 1.807) is 12.1 Å². The van der Waals surface area contributed by atoms with E-state index >= 15 is 0 Å². The van der Waals surface area contributed by atoms with Crippen molar-refractivity contribution in [3.63, 3.8) is 0 Å². The van der Waals surface area contributed by atoms with E-state index < -0.39 is 0 Å². The molecule has 0 spiro atoms. The number of carbonyl (C=O) groups is 1. The lowest BCUT2D eigenvalue weighted by Crippen LogP contribution is -2.25. The highest BCUT2D eigenvalue weighted by atomic mass is 35.5. The van der Waals surface area contributed by atoms with Crippen LogP contribution < -0.4 is 5.32 Å². The Bertz CT molecular complexity index is 602. The van der Waals surface area contributed by atoms with Crippen LogP contribution in [0, 0.1) is 0 Å². The van der Waals surface area contributed by atoms with Crippen LogP contribution in [-0.4, -0.2) is 12.3 Å². The molecular weight excluding hydrogens is 269 g/mol. The summed E-state index contributed by atoms with van der Waals surface area (Å²) in [6.07, 6.45) is 3.44. The molecule has 0 amide bonds. The molecular formula is C14H11Cl2NO. The third-order valence-corrected chi connectivity index (χ3v) is 3.95. The van der Waals surface area contributed by atoms with E-state index in [9.17, 15) is 4.79 Å². The number of Topliss-reactive ketones (excluding diaryl/α,β-unsaturated/α-hetero) is 1. The molecule has 0 fully saturated rings. The quantitative estimate of drug-likeness (QED) is 0.788. The molecule has 1 aromatic rings. The standard InChI is InChI=1S/C14H11Cl2NO/c15-9-2-4-10-8(7-9)1-3-11-12(16)5-6-17-13(11)14(10)18/h2,4-5,7,17H,1,3,6H2. The van der Waals surface area contributed by atoms with Crippen molar-refractivity contribution in [2.24, 2.45) is 0 Å². The monoisotopic (exact) mass is 279 g/mol. The van der Waals surface area contributed by atoms with Gasteiger partial charge in [-0.3, -0.25) is 4.79 Å². The Kier molecular flexibility index (Phi) is 2.92. The van der Waals surface area contributed by atoms with Crippen LogP contribution in [0.3, 0.4) is 0 Å². The SMILES string of the molecule is O=C1C2=C(CCc3cc(Cl)ccc31)C(Cl)=CCN2. The Hall–Kier alpha value is -1.25. The lowest BCUT2D eigenvalue weighted by Gasteiger charge is -2.17. The summed E-state index contributed by atoms with van der Waals surface area (Å²) in [4.78, 5) is 12.5. The maximum absolute atomic E-state index is 12.5. The normalized spacial score (nSPS) is 18.6. The topological polar surface area (TPSA) is 29.1 Å². The Morgan fingerprint density at radius 1 is 1.17 bits per heavy atom. The van der Waals surface area contributed by atoms with Crippen molar-refractivity contribution in [3.05, 3.63) is 56.7 Å². The molecule has 0 aromatic heterocycles. The average molecular weight is 280 g/mol. The zero-order chi connectivity index (χ0) is 12.7. The Balaban J connectivity index is 2.13. The van der Waals surface area contributed by atoms with Crippen molar-refractivity contribution in [2.75, 3.05) is 6.54 Å². The van der Waals surface area contributed by atoms with Crippen molar-refractivity contribution >= 4 is 29.0 Å². The first-order valence-electron chi connectivity index (χ1n) is 5.83. The maximum atomic E-state index is 12.5. The van der Waals surface area contributed by atoms with Crippen molar-refractivity contribution in [3.8, 4) is 0 Å². The van der Waals surface area contributed by atoms with Gasteiger partial charge in [-0.2, -0.15) is 0 Å². The first-order valence-corrected chi connectivity index (χ1v) is 6.58. The van der Waals surface area contributed by atoms with E-state index in [-0.39, 0.29) is 5.78 Å². The molecule has 1 N–H and O–H groups in total. The van der Waals surface area contributed by atoms with E-state index in [0.717, 1.165) is 29.5 Å². The third kappa shape index (κ3) is 1.86. The minimum absolute atomic E-state index is 0.0143. The van der Waals surface area contributed by atoms with Crippen LogP contribution in [0.25, 0.3) is 0 Å². The number of benzene rings is 1. The fraction of sp³-hybridized carbons (Fsp3) is 0.214. The van der Waals surface area contributed by atoms with E-state index in [4.69, 9.17) is 23.2 Å². The van der Waals surface area contributed by atoms with Gasteiger partial charge in [0, 0.05) is 22.2 Å². The van der Waals surface area contributed by atoms with E-state index in [2.05, 4.69) is 5.32 Å². The molecule has 0 saturated heterocycles. The fourth-order valence-electron chi connectivity index (χ4n) is 2.44. The highest BCUT2D eigenvalue weighted by Gasteiger charge is 2.26. The van der Waals surface area contributed by atoms with Crippen LogP contribution in [-0.2, 0) is 6.42 Å². The molecule has 0 saturated carbocycles. The van der Waals surface area contributed by atoms with Crippen molar-refractivity contribution in [2.45, 2.75) is 12.8 Å². The summed E-state index contributed by atoms with van der Waals surface area (Å²) in [5.74, 6) is 0.0143. The predicted molar refractivity (Wildman–Crippen MR) is 73.1 cm³/mol. The van der Waals surface area contributed by atoms with Crippen molar-refractivity contribution in [1.82, 2.24) is 5.32 Å². The van der Waals surface area contributed by atoms with Crippen LogP contribution in [0.4, 0.5) is 0 Å². The Morgan fingerprint density at radius 3 is 2.83 bits per heavy atom. The number of carbonyl (C=O) groups excluding carboxylic acids is 1. The van der Waals surface area contributed by atoms with Crippen molar-refractivity contribution < 1.29 is 4.79 Å². The first kappa shape index (κ1) is 11.8. The van der Waals surface area contributed by atoms with Gasteiger partial charge in [0.1, 0.15) is 0 Å². The Morgan fingerprint density at radius 2 is 2.00 bits per heavy atom. The molecule has 1 heterocycles. The maximum Gasteiger partial charge on any atom is 0.209 e. The van der Waals surface area contributed by atoms with E-state index in [1.165, 1.54) is 0 Å². The third-order valence-electron chi connectivity index (χ3n) is 3.33. The first-order chi connectivity index (χ1) is 8.66. The van der Waals surface area contributed by atoms with Gasteiger partial charge in [-0.15, -0.1) is 0 Å². The average Bonchev–Trinajstić information content (AvgIpc) is 2.49. The van der Waals surface area contributed by atoms with Crippen LogP contribution in [0.15, 0.2) is 40.6 Å². The summed E-state index contributed by atoms with van der Waals surface area (Å²) in [7, 11) is 0. The summed E-state index contributed by atoms with van der Waals surface area (Å²) in [5.41, 5.74) is 3.28. The number of aryl methyl sites for hydroxylation is 1. The molecule has 2 nitrogen and oxygen atoms in total. The van der Waals surface area contributed by atoms with Gasteiger partial charge in [-0.05, 0) is 48.3 Å². The van der Waals surface area contributed by atoms with Gasteiger partial charge in [0.05, 0.1) is 5.70 Å². The van der Waals surface area contributed by atoms with E-state index in [1.807, 2.05) is 12.1 Å². The fourth-order valence-corrected chi connectivity index (χ4v) is 2.90. The summed E-state index contributed by atoms with van der Waals surface area (Å²) in [6, 6.07) is 5.42. The highest BCUT2D eigenvalue weighted by Crippen LogP contribution is 2.32. The zero-order valence-corrected chi connectivity index (χ0v) is 11.1. The lowest BCUT2D eigenvalue weighted by molar-refractivity contribution is 0.102. The molecule has 3 rings (SSSR count). The molecule has 1 aliphatic heterocycles. The molecule has 0 unspecified atom stereocenters. The molecule has 1 aliphatic carbocycles. The largest absolute Gasteiger partial charge is 0.378 e. The zero-order valence-electron chi connectivity index (χ0n) is 9.59. The number of fused-ring (bicyclic) bond motifs is 1. The van der Waals surface area contributed by atoms with Gasteiger partial charge in [0.15, 0.2) is 0 Å². The molecule has 0 bridgehead atoms. The molecule has 0 atom stereocenters. The van der Waals surface area contributed by atoms with Crippen LogP contribution >= 0.6 is 23.2 Å². The minimum Gasteiger partial charge on any atom is -0.378 e. The second-order valence-corrected chi connectivity index (χ2v) is 5.26. The number of allylic oxidation sites excluding steroid dienone is 3. The van der Waals surface area contributed by atoms with Crippen molar-refractivity contribution in [1.29, 1.82) is 0 Å². The molecule has 2 aliphatic rings. The van der Waals surface area contributed by atoms with Gasteiger partial charge in [0.2, 0.25) is 5.78 Å². The molecule has 92 valence electrons. The number of hydrogen-bond acceptors (Lipinski definition) is 2. The highest BCUT2D eigenvalue weighted by molar-refractivity contribution is 6.33. The molecule has 18 heavy (non-hydrogen) atoms. The van der Waals surface area contributed by atoms with Gasteiger partial charge in [-0.1, -0.05) is 23.2 Å². The number of halogens is 2. The number of hydrogen-bond donors (Lipinski definition) is 1. The summed E-state index contributed by atoms with van der Waals surface area (Å²) in [6.45, 7) is 0.604. The summed E-state index contributed by atoms with van der Waals surface area (Å²) in [5, 5.41) is 4.49. The summed E-state index contributed by atoms with van der Waals surface area (Å²) < 4.78 is 0. The second-order valence-electron chi connectivity index (χ2n) is 4.42. The van der Waals surface area contributed by atoms with E-state index in [0.29, 0.717) is 22.3 Å². The number of ketones is 1. The second kappa shape index (κ2) is 4.45. The molecule has 0 radical (unpaired) electrons. The Labute approximate surface area is 115 Å². The number of dihydropyridines is 1. The lowest BCUT2D eigenvalue weighted by atomic mass is 10.0. The van der Waals surface area contributed by atoms with Gasteiger partial charge < -0.3 is 5.32 Å². The summed E-state index contributed by atoms with van der Waals surface area (Å²) >= 11 is 12.2. The smallest absolute Gasteiger partial charge is 0.209 e. The minimum atomic E-state index is 0.0143. The van der Waals surface area contributed by atoms with Gasteiger partial charge in [-0.25, -0.2) is 0 Å². The van der Waals surface area contributed by atoms with Gasteiger partial charge >= 0.3 is 0 Å². The van der Waals surface area contributed by atoms with Crippen LogP contribution in [0.2, 0.25) is 5.02 Å². The van der Waals surface area contributed by atoms with Crippen LogP contribution in [0.5, 0.6) is 0 Å². The van der Waals surface area contributed by atoms with Crippen LogP contribution in [0.1, 0.15) is 22.3 Å². The number of rotatable bonds is 0. The van der Waals surface area contributed by atoms with Gasteiger partial charge in [0.25, 0.3) is 0 Å². The predicted octanol–water partition coefficient (Wildman–Crippen LogP) is 3.45. The number of nitrogens with one attached hydrogen (secondary N) is 1. The molecule has 4 heteroatoms. The molecule has 1 aromatic carbocycles.